The maximum atomic E-state index is 12.2. The fourth-order valence-corrected chi connectivity index (χ4v) is 2.71. The molecule has 0 saturated heterocycles. The summed E-state index contributed by atoms with van der Waals surface area (Å²) < 4.78 is 1.54. The van der Waals surface area contributed by atoms with Gasteiger partial charge in [-0.3, -0.25) is 4.79 Å². The summed E-state index contributed by atoms with van der Waals surface area (Å²) in [6.07, 6.45) is 4.83. The van der Waals surface area contributed by atoms with Crippen molar-refractivity contribution in [2.24, 2.45) is 5.73 Å². The summed E-state index contributed by atoms with van der Waals surface area (Å²) in [4.78, 5) is 16.5. The van der Waals surface area contributed by atoms with Crippen LogP contribution in [-0.4, -0.2) is 50.3 Å². The molecule has 1 unspecified atom stereocenters. The Labute approximate surface area is 165 Å². The molecule has 10 heteroatoms. The van der Waals surface area contributed by atoms with Gasteiger partial charge in [-0.25, -0.2) is 9.67 Å². The zero-order chi connectivity index (χ0) is 18.8. The predicted octanol–water partition coefficient (Wildman–Crippen LogP) is 0.111. The van der Waals surface area contributed by atoms with E-state index in [1.807, 2.05) is 30.3 Å². The third kappa shape index (κ3) is 8.09. The van der Waals surface area contributed by atoms with Crippen molar-refractivity contribution in [2.75, 3.05) is 6.54 Å². The number of benzene rings is 1. The van der Waals surface area contributed by atoms with Crippen molar-refractivity contribution in [1.29, 1.82) is 0 Å². The third-order valence-electron chi connectivity index (χ3n) is 4.14. The van der Waals surface area contributed by atoms with Crippen molar-refractivity contribution < 1.29 is 14.8 Å². The van der Waals surface area contributed by atoms with E-state index >= 15 is 0 Å². The number of hydrogen-bond acceptors (Lipinski definition) is 6. The minimum absolute atomic E-state index is 0. The van der Waals surface area contributed by atoms with Crippen LogP contribution in [0.4, 0.5) is 0 Å². The highest BCUT2D eigenvalue weighted by Gasteiger charge is 2.25. The number of unbranched alkanes of at least 4 members (excludes halogenated alkanes) is 1. The fourth-order valence-electron chi connectivity index (χ4n) is 2.71. The number of aryl methyl sites for hydroxylation is 2. The molecule has 0 bridgehead atoms. The minimum Gasteiger partial charge on any atom is -0.426 e. The van der Waals surface area contributed by atoms with Crippen molar-refractivity contribution >= 4 is 25.4 Å². The Morgan fingerprint density at radius 1 is 1.22 bits per heavy atom. The SMILES string of the molecule is Cl.NCCCCC(NC(=O)Cn1ncnc1CCc1ccccc1)B(O)O. The van der Waals surface area contributed by atoms with Gasteiger partial charge in [0.1, 0.15) is 18.7 Å². The van der Waals surface area contributed by atoms with Gasteiger partial charge in [0.2, 0.25) is 5.91 Å². The maximum Gasteiger partial charge on any atom is 0.475 e. The highest BCUT2D eigenvalue weighted by atomic mass is 35.5. The van der Waals surface area contributed by atoms with Gasteiger partial charge in [-0.1, -0.05) is 36.8 Å². The van der Waals surface area contributed by atoms with E-state index in [0.29, 0.717) is 31.6 Å². The summed E-state index contributed by atoms with van der Waals surface area (Å²) in [5.74, 6) is -0.333. The van der Waals surface area contributed by atoms with E-state index in [2.05, 4.69) is 15.4 Å². The molecule has 0 spiro atoms. The number of amides is 1. The standard InChI is InChI=1S/C17H26BN5O3.ClH/c19-11-5-4-8-15(18(25)26)22-17(24)12-23-16(20-13-21-23)10-9-14-6-2-1-3-7-14;/h1-3,6-7,13,15,25-26H,4-5,8-12,19H2,(H,22,24);1H. The largest absolute Gasteiger partial charge is 0.475 e. The van der Waals surface area contributed by atoms with Crippen molar-refractivity contribution in [3.63, 3.8) is 0 Å². The van der Waals surface area contributed by atoms with Gasteiger partial charge in [-0.2, -0.15) is 5.10 Å². The first-order valence-electron chi connectivity index (χ1n) is 8.86. The number of nitrogens with zero attached hydrogens (tertiary/aromatic N) is 3. The molecule has 148 valence electrons. The molecule has 0 saturated carbocycles. The molecular formula is C17H27BClN5O3. The number of aromatic nitrogens is 3. The normalized spacial score (nSPS) is 11.5. The van der Waals surface area contributed by atoms with Gasteiger partial charge in [-0.15, -0.1) is 12.4 Å². The van der Waals surface area contributed by atoms with Crippen LogP contribution in [0.3, 0.4) is 0 Å². The molecule has 5 N–H and O–H groups in total. The summed E-state index contributed by atoms with van der Waals surface area (Å²) in [5.41, 5.74) is 6.63. The molecule has 1 heterocycles. The van der Waals surface area contributed by atoms with Gasteiger partial charge in [0.25, 0.3) is 0 Å². The van der Waals surface area contributed by atoms with Crippen LogP contribution in [0.2, 0.25) is 0 Å². The summed E-state index contributed by atoms with van der Waals surface area (Å²) in [7, 11) is -1.61. The van der Waals surface area contributed by atoms with Gasteiger partial charge < -0.3 is 21.1 Å². The van der Waals surface area contributed by atoms with E-state index in [0.717, 1.165) is 12.8 Å². The quantitative estimate of drug-likeness (QED) is 0.316. The van der Waals surface area contributed by atoms with Crippen molar-refractivity contribution in [3.05, 3.63) is 48.0 Å². The van der Waals surface area contributed by atoms with Crippen LogP contribution in [0.5, 0.6) is 0 Å². The van der Waals surface area contributed by atoms with Crippen LogP contribution in [0.1, 0.15) is 30.7 Å². The van der Waals surface area contributed by atoms with Crippen molar-refractivity contribution in [1.82, 2.24) is 20.1 Å². The second-order valence-electron chi connectivity index (χ2n) is 6.19. The zero-order valence-corrected chi connectivity index (χ0v) is 16.0. The first-order chi connectivity index (χ1) is 12.6. The Balaban J connectivity index is 0.00000364. The monoisotopic (exact) mass is 395 g/mol. The molecular weight excluding hydrogens is 368 g/mol. The number of rotatable bonds is 11. The first-order valence-corrected chi connectivity index (χ1v) is 8.86. The number of halogens is 1. The molecule has 0 aliphatic carbocycles. The topological polar surface area (TPSA) is 126 Å². The van der Waals surface area contributed by atoms with Crippen LogP contribution in [0, 0.1) is 0 Å². The Kier molecular flexibility index (Phi) is 10.7. The van der Waals surface area contributed by atoms with E-state index in [1.165, 1.54) is 11.9 Å². The first kappa shape index (κ1) is 23.1. The molecule has 0 radical (unpaired) electrons. The van der Waals surface area contributed by atoms with Gasteiger partial charge in [0, 0.05) is 6.42 Å². The van der Waals surface area contributed by atoms with Crippen molar-refractivity contribution in [2.45, 2.75) is 44.6 Å². The fraction of sp³-hybridized carbons (Fsp3) is 0.471. The van der Waals surface area contributed by atoms with Crippen LogP contribution in [0.25, 0.3) is 0 Å². The summed E-state index contributed by atoms with van der Waals surface area (Å²) in [6, 6.07) is 10.0. The average Bonchev–Trinajstić information content (AvgIpc) is 3.07. The smallest absolute Gasteiger partial charge is 0.426 e. The molecule has 0 aliphatic rings. The summed E-state index contributed by atoms with van der Waals surface area (Å²) >= 11 is 0. The minimum atomic E-state index is -1.61. The predicted molar refractivity (Wildman–Crippen MR) is 106 cm³/mol. The maximum absolute atomic E-state index is 12.2. The third-order valence-corrected chi connectivity index (χ3v) is 4.14. The van der Waals surface area contributed by atoms with Crippen LogP contribution >= 0.6 is 12.4 Å². The Morgan fingerprint density at radius 2 is 1.96 bits per heavy atom. The Bertz CT molecular complexity index is 672. The van der Waals surface area contributed by atoms with Gasteiger partial charge in [0.05, 0.1) is 5.94 Å². The van der Waals surface area contributed by atoms with E-state index in [4.69, 9.17) is 5.73 Å². The second kappa shape index (κ2) is 12.5. The summed E-state index contributed by atoms with van der Waals surface area (Å²) in [6.45, 7) is 0.524. The number of carbonyl (C=O) groups is 1. The molecule has 1 atom stereocenters. The number of nitrogens with one attached hydrogen (secondary N) is 1. The number of carbonyl (C=O) groups excluding carboxylic acids is 1. The van der Waals surface area contributed by atoms with E-state index in [-0.39, 0.29) is 24.9 Å². The molecule has 0 aliphatic heterocycles. The molecule has 8 nitrogen and oxygen atoms in total. The van der Waals surface area contributed by atoms with Gasteiger partial charge in [0.15, 0.2) is 0 Å². The highest BCUT2D eigenvalue weighted by molar-refractivity contribution is 6.43. The second-order valence-corrected chi connectivity index (χ2v) is 6.19. The van der Waals surface area contributed by atoms with E-state index < -0.39 is 13.1 Å². The van der Waals surface area contributed by atoms with E-state index in [9.17, 15) is 14.8 Å². The van der Waals surface area contributed by atoms with E-state index in [1.54, 1.807) is 4.68 Å². The molecule has 1 aromatic heterocycles. The molecule has 0 fully saturated rings. The Morgan fingerprint density at radius 3 is 2.63 bits per heavy atom. The number of nitrogens with two attached hydrogens (primary N) is 1. The lowest BCUT2D eigenvalue weighted by Gasteiger charge is -2.17. The lowest BCUT2D eigenvalue weighted by Crippen LogP contribution is -2.47. The Hall–Kier alpha value is -1.94. The van der Waals surface area contributed by atoms with Gasteiger partial charge in [-0.05, 0) is 31.4 Å². The number of hydrogen-bond donors (Lipinski definition) is 4. The molecule has 1 amide bonds. The zero-order valence-electron chi connectivity index (χ0n) is 15.2. The van der Waals surface area contributed by atoms with Crippen LogP contribution in [-0.2, 0) is 24.2 Å². The van der Waals surface area contributed by atoms with Gasteiger partial charge >= 0.3 is 7.12 Å². The van der Waals surface area contributed by atoms with Crippen LogP contribution < -0.4 is 11.1 Å². The van der Waals surface area contributed by atoms with Crippen LogP contribution in [0.15, 0.2) is 36.7 Å². The molecule has 2 rings (SSSR count). The molecule has 2 aromatic rings. The highest BCUT2D eigenvalue weighted by Crippen LogP contribution is 2.06. The molecule has 27 heavy (non-hydrogen) atoms. The lowest BCUT2D eigenvalue weighted by atomic mass is 9.76. The average molecular weight is 396 g/mol. The van der Waals surface area contributed by atoms with Crippen molar-refractivity contribution in [3.8, 4) is 0 Å². The molecule has 1 aromatic carbocycles. The summed E-state index contributed by atoms with van der Waals surface area (Å²) in [5, 5.41) is 25.6. The lowest BCUT2D eigenvalue weighted by molar-refractivity contribution is -0.122.